The summed E-state index contributed by atoms with van der Waals surface area (Å²) in [6.45, 7) is 1.72. The van der Waals surface area contributed by atoms with Crippen molar-refractivity contribution < 1.29 is 0 Å². The van der Waals surface area contributed by atoms with Crippen LogP contribution in [0.25, 0.3) is 0 Å². The summed E-state index contributed by atoms with van der Waals surface area (Å²) in [5, 5.41) is 11.4. The smallest absolute Gasteiger partial charge is 0.137 e. The van der Waals surface area contributed by atoms with Crippen LogP contribution in [0.15, 0.2) is 29.5 Å². The van der Waals surface area contributed by atoms with Crippen molar-refractivity contribution in [3.8, 4) is 0 Å². The first-order valence-corrected chi connectivity index (χ1v) is 4.98. The van der Waals surface area contributed by atoms with E-state index in [1.165, 1.54) is 5.69 Å². The first-order chi connectivity index (χ1) is 6.45. The van der Waals surface area contributed by atoms with E-state index in [-0.39, 0.29) is 0 Å². The van der Waals surface area contributed by atoms with Gasteiger partial charge < -0.3 is 5.32 Å². The van der Waals surface area contributed by atoms with Gasteiger partial charge in [0.1, 0.15) is 12.7 Å². The maximum absolute atomic E-state index is 4.00. The number of hydrogen-bond donors (Lipinski definition) is 1. The molecule has 0 aliphatic rings. The van der Waals surface area contributed by atoms with E-state index in [0.717, 1.165) is 13.1 Å². The molecule has 0 bridgehead atoms. The molecule has 68 valence electrons. The molecular formula is C8H10N4S. The van der Waals surface area contributed by atoms with Crippen LogP contribution >= 0.6 is 11.3 Å². The van der Waals surface area contributed by atoms with Crippen LogP contribution in [0.4, 0.5) is 5.69 Å². The molecule has 0 saturated heterocycles. The van der Waals surface area contributed by atoms with Gasteiger partial charge in [0.05, 0.1) is 6.54 Å². The minimum absolute atomic E-state index is 0.843. The Labute approximate surface area is 80.2 Å². The molecule has 5 heteroatoms. The molecule has 13 heavy (non-hydrogen) atoms. The summed E-state index contributed by atoms with van der Waals surface area (Å²) in [7, 11) is 0. The number of thiophene rings is 1. The van der Waals surface area contributed by atoms with Crippen LogP contribution in [0.5, 0.6) is 0 Å². The van der Waals surface area contributed by atoms with Crippen LogP contribution in [0.1, 0.15) is 0 Å². The van der Waals surface area contributed by atoms with Crippen molar-refractivity contribution in [2.45, 2.75) is 6.54 Å². The first kappa shape index (κ1) is 8.25. The number of hydrogen-bond acceptors (Lipinski definition) is 4. The molecule has 0 radical (unpaired) electrons. The minimum Gasteiger partial charge on any atom is -0.383 e. The fourth-order valence-corrected chi connectivity index (χ4v) is 1.64. The second-order valence-corrected chi connectivity index (χ2v) is 3.38. The van der Waals surface area contributed by atoms with E-state index < -0.39 is 0 Å². The van der Waals surface area contributed by atoms with Crippen LogP contribution in [0.3, 0.4) is 0 Å². The zero-order chi connectivity index (χ0) is 8.93. The highest BCUT2D eigenvalue weighted by Crippen LogP contribution is 2.10. The van der Waals surface area contributed by atoms with Crippen molar-refractivity contribution >= 4 is 17.0 Å². The molecule has 2 aromatic heterocycles. The number of anilines is 1. The third kappa shape index (κ3) is 2.29. The number of nitrogens with zero attached hydrogens (tertiary/aromatic N) is 3. The molecule has 1 N–H and O–H groups in total. The summed E-state index contributed by atoms with van der Waals surface area (Å²) in [5.74, 6) is 0. The standard InChI is InChI=1S/C8H10N4S/c1-4-13-5-8(1)10-2-3-12-7-9-6-11-12/h1,4-7,10H,2-3H2. The van der Waals surface area contributed by atoms with Crippen molar-refractivity contribution in [2.75, 3.05) is 11.9 Å². The van der Waals surface area contributed by atoms with Crippen LogP contribution in [0.2, 0.25) is 0 Å². The fraction of sp³-hybridized carbons (Fsp3) is 0.250. The quantitative estimate of drug-likeness (QED) is 0.801. The molecule has 2 aromatic rings. The lowest BCUT2D eigenvalue weighted by Gasteiger charge is -2.02. The van der Waals surface area contributed by atoms with E-state index in [2.05, 4.69) is 32.2 Å². The second-order valence-electron chi connectivity index (χ2n) is 2.60. The Bertz CT molecular complexity index is 293. The molecule has 0 atom stereocenters. The van der Waals surface area contributed by atoms with Crippen molar-refractivity contribution in [2.24, 2.45) is 0 Å². The second kappa shape index (κ2) is 4.04. The van der Waals surface area contributed by atoms with E-state index in [0.29, 0.717) is 0 Å². The summed E-state index contributed by atoms with van der Waals surface area (Å²) in [4.78, 5) is 3.86. The monoisotopic (exact) mass is 194 g/mol. The molecule has 0 aliphatic heterocycles. The van der Waals surface area contributed by atoms with E-state index in [1.54, 1.807) is 28.7 Å². The van der Waals surface area contributed by atoms with E-state index in [1.807, 2.05) is 0 Å². The van der Waals surface area contributed by atoms with Crippen LogP contribution in [0, 0.1) is 0 Å². The number of nitrogens with one attached hydrogen (secondary N) is 1. The molecule has 0 aliphatic carbocycles. The molecule has 4 nitrogen and oxygen atoms in total. The van der Waals surface area contributed by atoms with Gasteiger partial charge in [-0.2, -0.15) is 16.4 Å². The molecular weight excluding hydrogens is 184 g/mol. The summed E-state index contributed by atoms with van der Waals surface area (Å²) >= 11 is 1.69. The summed E-state index contributed by atoms with van der Waals surface area (Å²) in [6.07, 6.45) is 3.26. The zero-order valence-corrected chi connectivity index (χ0v) is 7.87. The Morgan fingerprint density at radius 2 is 2.54 bits per heavy atom. The van der Waals surface area contributed by atoms with Crippen molar-refractivity contribution in [3.05, 3.63) is 29.5 Å². The van der Waals surface area contributed by atoms with Crippen molar-refractivity contribution in [1.29, 1.82) is 0 Å². The van der Waals surface area contributed by atoms with E-state index >= 15 is 0 Å². The maximum Gasteiger partial charge on any atom is 0.137 e. The average Bonchev–Trinajstić information content (AvgIpc) is 2.75. The number of rotatable bonds is 4. The third-order valence-electron chi connectivity index (χ3n) is 1.66. The average molecular weight is 194 g/mol. The molecule has 0 saturated carbocycles. The Morgan fingerprint density at radius 3 is 3.23 bits per heavy atom. The lowest BCUT2D eigenvalue weighted by Crippen LogP contribution is -2.10. The van der Waals surface area contributed by atoms with Gasteiger partial charge in [0.25, 0.3) is 0 Å². The molecule has 0 aromatic carbocycles. The lowest BCUT2D eigenvalue weighted by molar-refractivity contribution is 0.636. The molecule has 0 fully saturated rings. The summed E-state index contributed by atoms with van der Waals surface area (Å²) in [5.41, 5.74) is 1.17. The Kier molecular flexibility index (Phi) is 2.56. The van der Waals surface area contributed by atoms with Gasteiger partial charge >= 0.3 is 0 Å². The van der Waals surface area contributed by atoms with Gasteiger partial charge in [0, 0.05) is 17.6 Å². The minimum atomic E-state index is 0.843. The topological polar surface area (TPSA) is 42.7 Å². The Balaban J connectivity index is 1.76. The van der Waals surface area contributed by atoms with E-state index in [9.17, 15) is 0 Å². The summed E-state index contributed by atoms with van der Waals surface area (Å²) < 4.78 is 1.80. The normalized spacial score (nSPS) is 10.2. The van der Waals surface area contributed by atoms with Crippen molar-refractivity contribution in [1.82, 2.24) is 14.8 Å². The van der Waals surface area contributed by atoms with Crippen LogP contribution in [-0.2, 0) is 6.54 Å². The Hall–Kier alpha value is -1.36. The van der Waals surface area contributed by atoms with Gasteiger partial charge in [-0.1, -0.05) is 0 Å². The first-order valence-electron chi connectivity index (χ1n) is 4.03. The van der Waals surface area contributed by atoms with Gasteiger partial charge in [-0.3, -0.25) is 4.68 Å². The molecule has 2 rings (SSSR count). The maximum atomic E-state index is 4.00. The van der Waals surface area contributed by atoms with Gasteiger partial charge in [-0.15, -0.1) is 0 Å². The largest absolute Gasteiger partial charge is 0.383 e. The fourth-order valence-electron chi connectivity index (χ4n) is 1.03. The highest BCUT2D eigenvalue weighted by atomic mass is 32.1. The van der Waals surface area contributed by atoms with Crippen LogP contribution in [-0.4, -0.2) is 21.3 Å². The lowest BCUT2D eigenvalue weighted by atomic mass is 10.5. The highest BCUT2D eigenvalue weighted by molar-refractivity contribution is 7.08. The SMILES string of the molecule is c1ncn(CCNc2ccsc2)n1. The Morgan fingerprint density at radius 1 is 1.54 bits per heavy atom. The third-order valence-corrected chi connectivity index (χ3v) is 2.34. The highest BCUT2D eigenvalue weighted by Gasteiger charge is 1.92. The molecule has 0 spiro atoms. The summed E-state index contributed by atoms with van der Waals surface area (Å²) in [6, 6.07) is 2.06. The van der Waals surface area contributed by atoms with Gasteiger partial charge in [-0.05, 0) is 11.4 Å². The van der Waals surface area contributed by atoms with Gasteiger partial charge in [-0.25, -0.2) is 4.98 Å². The van der Waals surface area contributed by atoms with Gasteiger partial charge in [0.2, 0.25) is 0 Å². The molecule has 0 amide bonds. The van der Waals surface area contributed by atoms with Gasteiger partial charge in [0.15, 0.2) is 0 Å². The predicted octanol–water partition coefficient (Wildman–Crippen LogP) is 1.45. The number of aromatic nitrogens is 3. The molecule has 2 heterocycles. The van der Waals surface area contributed by atoms with Crippen molar-refractivity contribution in [3.63, 3.8) is 0 Å². The zero-order valence-electron chi connectivity index (χ0n) is 7.05. The molecule has 0 unspecified atom stereocenters. The van der Waals surface area contributed by atoms with Crippen LogP contribution < -0.4 is 5.32 Å². The van der Waals surface area contributed by atoms with E-state index in [4.69, 9.17) is 0 Å². The predicted molar refractivity (Wildman–Crippen MR) is 52.8 cm³/mol.